The number of aliphatic hydroxyl groups is 2. The summed E-state index contributed by atoms with van der Waals surface area (Å²) in [5.41, 5.74) is -0.881. The van der Waals surface area contributed by atoms with Gasteiger partial charge < -0.3 is 38.6 Å². The maximum atomic E-state index is 10.8. The Kier molecular flexibility index (Phi) is 17.4. The summed E-state index contributed by atoms with van der Waals surface area (Å²) in [6.45, 7) is 13.3. The van der Waals surface area contributed by atoms with Crippen molar-refractivity contribution < 1.29 is 38.6 Å². The highest BCUT2D eigenvalue weighted by atomic mass is 16.6. The van der Waals surface area contributed by atoms with Crippen molar-refractivity contribution >= 4 is 0 Å². The second-order valence-corrected chi connectivity index (χ2v) is 9.03. The summed E-state index contributed by atoms with van der Waals surface area (Å²) >= 11 is 0. The molecule has 2 unspecified atom stereocenters. The van der Waals surface area contributed by atoms with Gasteiger partial charge in [-0.05, 0) is 37.8 Å². The minimum atomic E-state index is -1.15. The lowest BCUT2D eigenvalue weighted by Crippen LogP contribution is -2.30. The van der Waals surface area contributed by atoms with Gasteiger partial charge in [-0.1, -0.05) is 44.5 Å². The second kappa shape index (κ2) is 19.1. The Morgan fingerprint density at radius 1 is 0.514 bits per heavy atom. The summed E-state index contributed by atoms with van der Waals surface area (Å²) in [6.07, 6.45) is 3.18. The SMILES string of the molecule is CCCCOCCOCCOCC(C)(O)c1ccc(C(C)(O)COCCOCCOCCC)cc1. The lowest BCUT2D eigenvalue weighted by molar-refractivity contribution is -0.0566. The molecular formula is C27H48O8. The van der Waals surface area contributed by atoms with Crippen molar-refractivity contribution in [3.63, 3.8) is 0 Å². The molecule has 8 heteroatoms. The van der Waals surface area contributed by atoms with E-state index in [4.69, 9.17) is 28.4 Å². The molecule has 2 N–H and O–H groups in total. The van der Waals surface area contributed by atoms with E-state index in [1.165, 1.54) is 0 Å². The molecule has 0 aliphatic rings. The highest BCUT2D eigenvalue weighted by Gasteiger charge is 2.27. The number of benzene rings is 1. The molecule has 8 nitrogen and oxygen atoms in total. The van der Waals surface area contributed by atoms with Gasteiger partial charge in [-0.25, -0.2) is 0 Å². The molecule has 0 spiro atoms. The zero-order chi connectivity index (χ0) is 25.8. The molecule has 0 aliphatic heterocycles. The van der Waals surface area contributed by atoms with Gasteiger partial charge in [0, 0.05) is 13.2 Å². The summed E-state index contributed by atoms with van der Waals surface area (Å²) in [6, 6.07) is 7.21. The highest BCUT2D eigenvalue weighted by Crippen LogP contribution is 2.26. The average Bonchev–Trinajstić information content (AvgIpc) is 2.84. The summed E-state index contributed by atoms with van der Waals surface area (Å²) in [7, 11) is 0. The van der Waals surface area contributed by atoms with Crippen LogP contribution in [0.3, 0.4) is 0 Å². The Morgan fingerprint density at radius 3 is 1.23 bits per heavy atom. The van der Waals surface area contributed by atoms with E-state index >= 15 is 0 Å². The van der Waals surface area contributed by atoms with E-state index in [-0.39, 0.29) is 13.2 Å². The fraction of sp³-hybridized carbons (Fsp3) is 0.778. The fourth-order valence-corrected chi connectivity index (χ4v) is 3.17. The zero-order valence-electron chi connectivity index (χ0n) is 22.3. The Bertz CT molecular complexity index is 618. The maximum absolute atomic E-state index is 10.8. The third-order valence-corrected chi connectivity index (χ3v) is 5.37. The molecule has 0 saturated carbocycles. The van der Waals surface area contributed by atoms with Crippen molar-refractivity contribution in [1.29, 1.82) is 0 Å². The van der Waals surface area contributed by atoms with E-state index in [9.17, 15) is 10.2 Å². The second-order valence-electron chi connectivity index (χ2n) is 9.03. The van der Waals surface area contributed by atoms with Gasteiger partial charge in [0.15, 0.2) is 0 Å². The summed E-state index contributed by atoms with van der Waals surface area (Å²) in [5, 5.41) is 21.6. The van der Waals surface area contributed by atoms with Gasteiger partial charge in [0.05, 0.1) is 66.1 Å². The van der Waals surface area contributed by atoms with Crippen LogP contribution in [0.1, 0.15) is 58.1 Å². The third-order valence-electron chi connectivity index (χ3n) is 5.37. The molecule has 0 aromatic heterocycles. The summed E-state index contributed by atoms with van der Waals surface area (Å²) in [4.78, 5) is 0. The smallest absolute Gasteiger partial charge is 0.110 e. The first-order valence-electron chi connectivity index (χ1n) is 12.9. The molecule has 2 atom stereocenters. The largest absolute Gasteiger partial charge is 0.383 e. The van der Waals surface area contributed by atoms with E-state index in [2.05, 4.69) is 13.8 Å². The molecule has 35 heavy (non-hydrogen) atoms. The molecule has 1 rings (SSSR count). The van der Waals surface area contributed by atoms with Crippen LogP contribution in [0.25, 0.3) is 0 Å². The van der Waals surface area contributed by atoms with Gasteiger partial charge in [-0.15, -0.1) is 0 Å². The van der Waals surface area contributed by atoms with E-state index in [0.717, 1.165) is 32.5 Å². The molecule has 204 valence electrons. The third kappa shape index (κ3) is 14.9. The Labute approximate surface area is 211 Å². The van der Waals surface area contributed by atoms with Crippen molar-refractivity contribution in [3.8, 4) is 0 Å². The van der Waals surface area contributed by atoms with E-state index in [1.807, 2.05) is 0 Å². The van der Waals surface area contributed by atoms with Crippen molar-refractivity contribution in [2.45, 2.75) is 58.2 Å². The predicted molar refractivity (Wildman–Crippen MR) is 136 cm³/mol. The number of rotatable bonds is 23. The Balaban J connectivity index is 2.26. The normalized spacial score (nSPS) is 15.1. The van der Waals surface area contributed by atoms with Crippen molar-refractivity contribution in [2.24, 2.45) is 0 Å². The molecule has 0 saturated heterocycles. The minimum absolute atomic E-state index is 0.144. The lowest BCUT2D eigenvalue weighted by atomic mass is 9.91. The van der Waals surface area contributed by atoms with E-state index in [0.29, 0.717) is 64.0 Å². The zero-order valence-corrected chi connectivity index (χ0v) is 22.3. The summed E-state index contributed by atoms with van der Waals surface area (Å²) < 4.78 is 32.9. The number of hydrogen-bond donors (Lipinski definition) is 2. The van der Waals surface area contributed by atoms with Crippen molar-refractivity contribution in [3.05, 3.63) is 35.4 Å². The van der Waals surface area contributed by atoms with Crippen LogP contribution < -0.4 is 0 Å². The van der Waals surface area contributed by atoms with Crippen LogP contribution in [-0.4, -0.2) is 89.5 Å². The molecule has 0 aliphatic carbocycles. The maximum Gasteiger partial charge on any atom is 0.110 e. The highest BCUT2D eigenvalue weighted by molar-refractivity contribution is 5.30. The van der Waals surface area contributed by atoms with Crippen LogP contribution >= 0.6 is 0 Å². The molecule has 1 aromatic carbocycles. The van der Waals surface area contributed by atoms with Gasteiger partial charge in [0.1, 0.15) is 11.2 Å². The van der Waals surface area contributed by atoms with Gasteiger partial charge in [-0.2, -0.15) is 0 Å². The van der Waals surface area contributed by atoms with Crippen LogP contribution in [0.4, 0.5) is 0 Å². The Morgan fingerprint density at radius 2 is 0.857 bits per heavy atom. The van der Waals surface area contributed by atoms with Crippen LogP contribution in [0.15, 0.2) is 24.3 Å². The Hall–Kier alpha value is -1.10. The molecule has 0 amide bonds. The van der Waals surface area contributed by atoms with E-state index < -0.39 is 11.2 Å². The fourth-order valence-electron chi connectivity index (χ4n) is 3.17. The first kappa shape index (κ1) is 31.9. The van der Waals surface area contributed by atoms with Gasteiger partial charge in [-0.3, -0.25) is 0 Å². The quantitative estimate of drug-likeness (QED) is 0.221. The predicted octanol–water partition coefficient (Wildman–Crippen LogP) is 3.41. The molecule has 1 aromatic rings. The van der Waals surface area contributed by atoms with Gasteiger partial charge in [0.25, 0.3) is 0 Å². The van der Waals surface area contributed by atoms with Gasteiger partial charge in [0.2, 0.25) is 0 Å². The van der Waals surface area contributed by atoms with Crippen LogP contribution in [0.2, 0.25) is 0 Å². The van der Waals surface area contributed by atoms with Crippen molar-refractivity contribution in [2.75, 3.05) is 79.3 Å². The molecule has 0 heterocycles. The average molecular weight is 501 g/mol. The van der Waals surface area contributed by atoms with Crippen LogP contribution in [0, 0.1) is 0 Å². The topological polar surface area (TPSA) is 95.8 Å². The van der Waals surface area contributed by atoms with E-state index in [1.54, 1.807) is 38.1 Å². The monoisotopic (exact) mass is 500 g/mol. The first-order chi connectivity index (χ1) is 16.8. The molecule has 0 bridgehead atoms. The minimum Gasteiger partial charge on any atom is -0.383 e. The number of ether oxygens (including phenoxy) is 6. The standard InChI is InChI=1S/C27H48O8/c1-5-7-13-31-15-17-33-19-21-35-23-27(4,29)25-10-8-24(9-11-25)26(3,28)22-34-20-18-32-16-14-30-12-6-2/h8-11,28-29H,5-7,12-23H2,1-4H3. The first-order valence-corrected chi connectivity index (χ1v) is 12.9. The van der Waals surface area contributed by atoms with Crippen LogP contribution in [0.5, 0.6) is 0 Å². The number of hydrogen-bond acceptors (Lipinski definition) is 8. The van der Waals surface area contributed by atoms with Crippen LogP contribution in [-0.2, 0) is 39.6 Å². The molecule has 0 radical (unpaired) electrons. The molecule has 0 fully saturated rings. The summed E-state index contributed by atoms with van der Waals surface area (Å²) in [5.74, 6) is 0. The molecular weight excluding hydrogens is 452 g/mol. The van der Waals surface area contributed by atoms with Gasteiger partial charge >= 0.3 is 0 Å². The lowest BCUT2D eigenvalue weighted by Gasteiger charge is -2.27. The van der Waals surface area contributed by atoms with Crippen molar-refractivity contribution in [1.82, 2.24) is 0 Å². The number of unbranched alkanes of at least 4 members (excludes halogenated alkanes) is 1.